The van der Waals surface area contributed by atoms with E-state index in [1.165, 1.54) is 18.1 Å². The van der Waals surface area contributed by atoms with Gasteiger partial charge < -0.3 is 20.1 Å². The van der Waals surface area contributed by atoms with Gasteiger partial charge >= 0.3 is 0 Å². The molecule has 0 aliphatic carbocycles. The Labute approximate surface area is 204 Å². The van der Waals surface area contributed by atoms with E-state index in [0.717, 1.165) is 16.5 Å². The van der Waals surface area contributed by atoms with Crippen molar-refractivity contribution in [3.8, 4) is 11.5 Å². The van der Waals surface area contributed by atoms with Gasteiger partial charge in [-0.1, -0.05) is 48.5 Å². The molecule has 178 valence electrons. The topological polar surface area (TPSA) is 91.8 Å². The molecule has 0 aliphatic rings. The first kappa shape index (κ1) is 23.8. The number of aryl methyl sites for hydroxylation is 2. The molecule has 7 nitrogen and oxygen atoms in total. The number of rotatable bonds is 6. The predicted molar refractivity (Wildman–Crippen MR) is 136 cm³/mol. The summed E-state index contributed by atoms with van der Waals surface area (Å²) in [5, 5.41) is 14.0. The van der Waals surface area contributed by atoms with Gasteiger partial charge in [-0.25, -0.2) is 4.98 Å². The quantitative estimate of drug-likeness (QED) is 0.414. The molecule has 0 aliphatic heterocycles. The van der Waals surface area contributed by atoms with Crippen molar-refractivity contribution in [3.63, 3.8) is 0 Å². The lowest BCUT2D eigenvalue weighted by Gasteiger charge is -2.28. The number of hydrogen-bond acceptors (Lipinski definition) is 5. The highest BCUT2D eigenvalue weighted by Crippen LogP contribution is 2.32. The van der Waals surface area contributed by atoms with Crippen LogP contribution in [0.1, 0.15) is 33.2 Å². The van der Waals surface area contributed by atoms with Crippen molar-refractivity contribution in [2.24, 2.45) is 0 Å². The van der Waals surface area contributed by atoms with E-state index in [0.29, 0.717) is 16.8 Å². The van der Waals surface area contributed by atoms with Crippen LogP contribution in [0.15, 0.2) is 72.8 Å². The van der Waals surface area contributed by atoms with Crippen molar-refractivity contribution in [1.29, 1.82) is 0 Å². The fourth-order valence-electron chi connectivity index (χ4n) is 4.10. The number of carbonyl (C=O) groups is 2. The number of hydrogen-bond donors (Lipinski definition) is 2. The molecule has 1 unspecified atom stereocenters. The van der Waals surface area contributed by atoms with Gasteiger partial charge in [0.25, 0.3) is 11.8 Å². The number of amides is 2. The average Bonchev–Trinajstić information content (AvgIpc) is 2.86. The van der Waals surface area contributed by atoms with Crippen molar-refractivity contribution in [1.82, 2.24) is 9.88 Å². The number of phenolic OH excluding ortho intramolecular Hbond substituents is 1. The maximum absolute atomic E-state index is 13.7. The number of pyridine rings is 1. The summed E-state index contributed by atoms with van der Waals surface area (Å²) in [7, 11) is 2.99. The summed E-state index contributed by atoms with van der Waals surface area (Å²) in [5.41, 5.74) is 3.91. The van der Waals surface area contributed by atoms with Crippen molar-refractivity contribution >= 4 is 28.4 Å². The molecular weight excluding hydrogens is 442 g/mol. The molecular formula is C28H27N3O4. The number of carbonyl (C=O) groups excluding carboxylic acids is 2. The second-order valence-corrected chi connectivity index (χ2v) is 8.40. The van der Waals surface area contributed by atoms with Crippen LogP contribution in [0.25, 0.3) is 10.9 Å². The van der Waals surface area contributed by atoms with E-state index in [1.807, 2.05) is 62.4 Å². The van der Waals surface area contributed by atoms with E-state index in [2.05, 4.69) is 10.3 Å². The number of benzene rings is 3. The molecule has 1 heterocycles. The van der Waals surface area contributed by atoms with Crippen molar-refractivity contribution in [2.45, 2.75) is 19.9 Å². The fourth-order valence-corrected chi connectivity index (χ4v) is 4.10. The van der Waals surface area contributed by atoms with Crippen LogP contribution in [0, 0.1) is 13.8 Å². The molecule has 0 fully saturated rings. The number of para-hydroxylation sites is 2. The highest BCUT2D eigenvalue weighted by molar-refractivity contribution is 6.02. The van der Waals surface area contributed by atoms with E-state index in [1.54, 1.807) is 25.2 Å². The van der Waals surface area contributed by atoms with Crippen LogP contribution in [0.2, 0.25) is 0 Å². The Morgan fingerprint density at radius 1 is 0.971 bits per heavy atom. The number of nitrogens with zero attached hydrogens (tertiary/aromatic N) is 2. The minimum atomic E-state index is -1.01. The first-order chi connectivity index (χ1) is 16.8. The smallest absolute Gasteiger partial charge is 0.273 e. The van der Waals surface area contributed by atoms with Crippen LogP contribution >= 0.6 is 0 Å². The number of nitrogens with one attached hydrogen (secondary N) is 1. The molecule has 0 saturated heterocycles. The number of fused-ring (bicyclic) bond motifs is 1. The first-order valence-corrected chi connectivity index (χ1v) is 11.2. The van der Waals surface area contributed by atoms with Gasteiger partial charge in [-0.3, -0.25) is 9.59 Å². The molecule has 2 N–H and O–H groups in total. The molecule has 1 atom stereocenters. The van der Waals surface area contributed by atoms with Crippen LogP contribution in [-0.4, -0.2) is 41.0 Å². The van der Waals surface area contributed by atoms with Crippen LogP contribution in [0.5, 0.6) is 11.5 Å². The van der Waals surface area contributed by atoms with Gasteiger partial charge in [0.05, 0.1) is 12.6 Å². The molecule has 0 saturated carbocycles. The van der Waals surface area contributed by atoms with Gasteiger partial charge in [0.15, 0.2) is 11.5 Å². The molecule has 7 heteroatoms. The largest absolute Gasteiger partial charge is 0.504 e. The molecule has 3 aromatic carbocycles. The highest BCUT2D eigenvalue weighted by Gasteiger charge is 2.31. The number of ether oxygens (including phenoxy) is 1. The van der Waals surface area contributed by atoms with Crippen molar-refractivity contribution in [3.05, 3.63) is 95.2 Å². The summed E-state index contributed by atoms with van der Waals surface area (Å²) in [4.78, 5) is 33.0. The third-order valence-electron chi connectivity index (χ3n) is 6.02. The van der Waals surface area contributed by atoms with Crippen molar-refractivity contribution in [2.75, 3.05) is 19.5 Å². The number of aromatic hydroxyl groups is 1. The summed E-state index contributed by atoms with van der Waals surface area (Å²) < 4.78 is 5.25. The summed E-state index contributed by atoms with van der Waals surface area (Å²) in [6.07, 6.45) is 0. The maximum Gasteiger partial charge on any atom is 0.273 e. The van der Waals surface area contributed by atoms with E-state index in [9.17, 15) is 14.7 Å². The number of methoxy groups -OCH3 is 1. The third-order valence-corrected chi connectivity index (χ3v) is 6.02. The Bertz CT molecular complexity index is 1400. The number of anilines is 1. The van der Waals surface area contributed by atoms with Gasteiger partial charge in [-0.2, -0.15) is 0 Å². The van der Waals surface area contributed by atoms with Gasteiger partial charge in [0, 0.05) is 18.1 Å². The Morgan fingerprint density at radius 2 is 1.69 bits per heavy atom. The van der Waals surface area contributed by atoms with Gasteiger partial charge in [0.2, 0.25) is 0 Å². The average molecular weight is 470 g/mol. The Hall–Kier alpha value is -4.39. The lowest BCUT2D eigenvalue weighted by atomic mass is 10.0. The minimum Gasteiger partial charge on any atom is -0.504 e. The fraction of sp³-hybridized carbons (Fsp3) is 0.179. The SMILES string of the molecule is COc1cc(C(C(=O)Nc2c(C)cccc2C)N(C)C(=O)c2ccc3ccccc3n2)ccc1O. The molecule has 4 rings (SSSR count). The second kappa shape index (κ2) is 9.85. The standard InChI is InChI=1S/C28H27N3O4/c1-17-8-7-9-18(2)25(17)30-27(33)26(20-13-15-23(32)24(16-20)35-4)31(3)28(34)22-14-12-19-10-5-6-11-21(19)29-22/h5-16,26,32H,1-4H3,(H,30,33). The van der Waals surface area contributed by atoms with Gasteiger partial charge in [0.1, 0.15) is 11.7 Å². The number of phenols is 1. The van der Waals surface area contributed by atoms with Gasteiger partial charge in [-0.05, 0) is 54.8 Å². The van der Waals surface area contributed by atoms with E-state index in [4.69, 9.17) is 4.74 Å². The monoisotopic (exact) mass is 469 g/mol. The Kier molecular flexibility index (Phi) is 6.68. The summed E-state index contributed by atoms with van der Waals surface area (Å²) in [5.74, 6) is -0.663. The maximum atomic E-state index is 13.7. The van der Waals surface area contributed by atoms with E-state index in [-0.39, 0.29) is 17.2 Å². The molecule has 4 aromatic rings. The first-order valence-electron chi connectivity index (χ1n) is 11.2. The molecule has 0 spiro atoms. The lowest BCUT2D eigenvalue weighted by Crippen LogP contribution is -2.39. The zero-order valence-corrected chi connectivity index (χ0v) is 20.1. The molecule has 35 heavy (non-hydrogen) atoms. The van der Waals surface area contributed by atoms with Crippen LogP contribution in [0.3, 0.4) is 0 Å². The second-order valence-electron chi connectivity index (χ2n) is 8.40. The van der Waals surface area contributed by atoms with Crippen LogP contribution in [-0.2, 0) is 4.79 Å². The Balaban J connectivity index is 1.75. The normalized spacial score (nSPS) is 11.7. The van der Waals surface area contributed by atoms with Crippen LogP contribution < -0.4 is 10.1 Å². The van der Waals surface area contributed by atoms with E-state index >= 15 is 0 Å². The molecule has 2 amide bonds. The molecule has 0 radical (unpaired) electrons. The third kappa shape index (κ3) is 4.80. The molecule has 0 bridgehead atoms. The lowest BCUT2D eigenvalue weighted by molar-refractivity contribution is -0.120. The Morgan fingerprint density at radius 3 is 2.40 bits per heavy atom. The summed E-state index contributed by atoms with van der Waals surface area (Å²) >= 11 is 0. The number of aromatic nitrogens is 1. The van der Waals surface area contributed by atoms with E-state index < -0.39 is 17.9 Å². The summed E-state index contributed by atoms with van der Waals surface area (Å²) in [6.45, 7) is 3.82. The zero-order chi connectivity index (χ0) is 25.1. The minimum absolute atomic E-state index is 0.0599. The van der Waals surface area contributed by atoms with Gasteiger partial charge in [-0.15, -0.1) is 0 Å². The number of likely N-dealkylation sites (N-methyl/N-ethyl adjacent to an activating group) is 1. The zero-order valence-electron chi connectivity index (χ0n) is 20.1. The van der Waals surface area contributed by atoms with Crippen LogP contribution in [0.4, 0.5) is 5.69 Å². The predicted octanol–water partition coefficient (Wildman–Crippen LogP) is 5.02. The highest BCUT2D eigenvalue weighted by atomic mass is 16.5. The van der Waals surface area contributed by atoms with Crippen molar-refractivity contribution < 1.29 is 19.4 Å². The molecule has 1 aromatic heterocycles. The summed E-state index contributed by atoms with van der Waals surface area (Å²) in [6, 6.07) is 20.3.